The molecule has 0 radical (unpaired) electrons. The molecule has 0 rings (SSSR count). The molecule has 0 aromatic rings. The second kappa shape index (κ2) is 7.05. The van der Waals surface area contributed by atoms with Crippen molar-refractivity contribution >= 4 is 25.5 Å². The third-order valence-corrected chi connectivity index (χ3v) is 6.18. The molecule has 0 N–H and O–H groups in total. The molecule has 0 saturated heterocycles. The molecule has 1 atom stereocenters. The topological polar surface area (TPSA) is 35.5 Å². The van der Waals surface area contributed by atoms with Crippen LogP contribution in [0.15, 0.2) is 12.2 Å². The van der Waals surface area contributed by atoms with Gasteiger partial charge in [-0.05, 0) is 25.9 Å². The minimum Gasteiger partial charge on any atom is -0.466 e. The Morgan fingerprint density at radius 3 is 2.69 bits per heavy atom. The molecule has 0 saturated carbocycles. The highest BCUT2D eigenvalue weighted by Crippen LogP contribution is 2.00. The van der Waals surface area contributed by atoms with Crippen molar-refractivity contribution in [2.75, 3.05) is 6.61 Å². The van der Waals surface area contributed by atoms with Gasteiger partial charge in [0.1, 0.15) is 10.5 Å². The van der Waals surface area contributed by atoms with Crippen LogP contribution in [0, 0.1) is 0 Å². The van der Waals surface area contributed by atoms with Gasteiger partial charge in [-0.3, -0.25) is 0 Å². The molecule has 76 valence electrons. The summed E-state index contributed by atoms with van der Waals surface area (Å²) in [5, 5.41) is 0. The van der Waals surface area contributed by atoms with Crippen LogP contribution in [0.2, 0.25) is 12.6 Å². The molecule has 0 aliphatic rings. The molecule has 0 amide bonds. The minimum absolute atomic E-state index is 0.291. The van der Waals surface area contributed by atoms with Crippen LogP contribution >= 0.6 is 0 Å². The van der Waals surface area contributed by atoms with E-state index in [1.807, 2.05) is 0 Å². The number of carbonyl (C=O) groups is 1. The van der Waals surface area contributed by atoms with E-state index in [1.165, 1.54) is 0 Å². The monoisotopic (exact) mass is 218 g/mol. The third-order valence-electron chi connectivity index (χ3n) is 1.74. The minimum atomic E-state index is -0.921. The summed E-state index contributed by atoms with van der Waals surface area (Å²) in [6.07, 6.45) is 0.911. The maximum Gasteiger partial charge on any atom is 0.333 e. The van der Waals surface area contributed by atoms with Crippen molar-refractivity contribution in [1.29, 1.82) is 0 Å². The molecule has 0 aliphatic heterocycles. The Hall–Kier alpha value is -0.396. The summed E-state index contributed by atoms with van der Waals surface area (Å²) in [6, 6.07) is 1.08. The van der Waals surface area contributed by atoms with Crippen LogP contribution in [0.25, 0.3) is 0 Å². The van der Waals surface area contributed by atoms with Crippen LogP contribution in [0.4, 0.5) is 0 Å². The molecule has 13 heavy (non-hydrogen) atoms. The summed E-state index contributed by atoms with van der Waals surface area (Å²) in [7, 11) is -0.0961. The normalized spacial score (nSPS) is 12.5. The van der Waals surface area contributed by atoms with Crippen molar-refractivity contribution in [3.63, 3.8) is 0 Å². The Labute approximate surface area is 84.4 Å². The SMILES string of the molecule is C=C(C)C(=O)OCCC[SiH](C)O[SiH3]. The fourth-order valence-electron chi connectivity index (χ4n) is 0.777. The molecule has 0 aromatic carbocycles. The summed E-state index contributed by atoms with van der Waals surface area (Å²) >= 11 is 0. The first-order valence-electron chi connectivity index (χ1n) is 4.43. The van der Waals surface area contributed by atoms with E-state index in [2.05, 4.69) is 13.1 Å². The maximum absolute atomic E-state index is 10.9. The zero-order valence-corrected chi connectivity index (χ0v) is 11.8. The summed E-state index contributed by atoms with van der Waals surface area (Å²) in [5.41, 5.74) is 0.462. The Kier molecular flexibility index (Phi) is 6.84. The van der Waals surface area contributed by atoms with Gasteiger partial charge in [-0.25, -0.2) is 4.79 Å². The highest BCUT2D eigenvalue weighted by molar-refractivity contribution is 6.54. The molecule has 0 aromatic heterocycles. The van der Waals surface area contributed by atoms with E-state index in [0.29, 0.717) is 12.2 Å². The van der Waals surface area contributed by atoms with Crippen LogP contribution in [-0.2, 0) is 13.6 Å². The Bertz CT molecular complexity index is 182. The van der Waals surface area contributed by atoms with E-state index in [0.717, 1.165) is 23.0 Å². The summed E-state index contributed by atoms with van der Waals surface area (Å²) in [4.78, 5) is 10.9. The first kappa shape index (κ1) is 12.6. The van der Waals surface area contributed by atoms with Crippen LogP contribution in [0.5, 0.6) is 0 Å². The summed E-state index contributed by atoms with van der Waals surface area (Å²) in [5.74, 6) is -0.291. The molecule has 0 bridgehead atoms. The Balaban J connectivity index is 3.36. The average molecular weight is 218 g/mol. The average Bonchev–Trinajstić information content (AvgIpc) is 2.11. The first-order valence-corrected chi connectivity index (χ1v) is 7.69. The molecule has 3 nitrogen and oxygen atoms in total. The van der Waals surface area contributed by atoms with E-state index in [-0.39, 0.29) is 5.97 Å². The predicted octanol–water partition coefficient (Wildman–Crippen LogP) is 0.146. The summed E-state index contributed by atoms with van der Waals surface area (Å²) < 4.78 is 10.3. The van der Waals surface area contributed by atoms with Crippen LogP contribution in [0.3, 0.4) is 0 Å². The van der Waals surface area contributed by atoms with Crippen LogP contribution in [-0.4, -0.2) is 32.1 Å². The van der Waals surface area contributed by atoms with E-state index >= 15 is 0 Å². The number of hydrogen-bond acceptors (Lipinski definition) is 3. The first-order chi connectivity index (χ1) is 6.07. The van der Waals surface area contributed by atoms with Gasteiger partial charge in [-0.15, -0.1) is 0 Å². The lowest BCUT2D eigenvalue weighted by Gasteiger charge is -2.07. The van der Waals surface area contributed by atoms with E-state index in [4.69, 9.17) is 8.85 Å². The summed E-state index contributed by atoms with van der Waals surface area (Å²) in [6.45, 7) is 7.81. The smallest absolute Gasteiger partial charge is 0.333 e. The van der Waals surface area contributed by atoms with Gasteiger partial charge in [0, 0.05) is 5.57 Å². The van der Waals surface area contributed by atoms with E-state index < -0.39 is 9.04 Å². The molecule has 0 spiro atoms. The van der Waals surface area contributed by atoms with Gasteiger partial charge < -0.3 is 8.85 Å². The van der Waals surface area contributed by atoms with Gasteiger partial charge >= 0.3 is 5.97 Å². The van der Waals surface area contributed by atoms with Gasteiger partial charge in [-0.2, -0.15) is 0 Å². The van der Waals surface area contributed by atoms with Crippen molar-refractivity contribution in [3.8, 4) is 0 Å². The van der Waals surface area contributed by atoms with Gasteiger partial charge in [-0.1, -0.05) is 6.58 Å². The molecule has 0 aliphatic carbocycles. The lowest BCUT2D eigenvalue weighted by atomic mass is 10.4. The van der Waals surface area contributed by atoms with Gasteiger partial charge in [0.05, 0.1) is 6.61 Å². The number of ether oxygens (including phenoxy) is 1. The number of hydrogen-bond donors (Lipinski definition) is 0. The van der Waals surface area contributed by atoms with Gasteiger partial charge in [0.15, 0.2) is 9.04 Å². The highest BCUT2D eigenvalue weighted by Gasteiger charge is 2.04. The zero-order chi connectivity index (χ0) is 10.3. The number of esters is 1. The Morgan fingerprint density at radius 1 is 1.62 bits per heavy atom. The van der Waals surface area contributed by atoms with Gasteiger partial charge in [0.2, 0.25) is 0 Å². The third kappa shape index (κ3) is 6.74. The van der Waals surface area contributed by atoms with Crippen molar-refractivity contribution in [3.05, 3.63) is 12.2 Å². The van der Waals surface area contributed by atoms with Crippen molar-refractivity contribution in [1.82, 2.24) is 0 Å². The van der Waals surface area contributed by atoms with Gasteiger partial charge in [0.25, 0.3) is 0 Å². The highest BCUT2D eigenvalue weighted by atomic mass is 28.3. The fourth-order valence-corrected chi connectivity index (χ4v) is 2.46. The molecule has 5 heteroatoms. The lowest BCUT2D eigenvalue weighted by Crippen LogP contribution is -2.13. The fraction of sp³-hybridized carbons (Fsp3) is 0.625. The zero-order valence-electron chi connectivity index (χ0n) is 8.63. The molecule has 0 heterocycles. The van der Waals surface area contributed by atoms with E-state index in [9.17, 15) is 4.79 Å². The molecule has 1 unspecified atom stereocenters. The van der Waals surface area contributed by atoms with Crippen molar-refractivity contribution in [2.24, 2.45) is 0 Å². The quantitative estimate of drug-likeness (QED) is 0.275. The second-order valence-corrected chi connectivity index (χ2v) is 7.19. The Morgan fingerprint density at radius 2 is 2.23 bits per heavy atom. The van der Waals surface area contributed by atoms with Crippen molar-refractivity contribution in [2.45, 2.75) is 25.9 Å². The lowest BCUT2D eigenvalue weighted by molar-refractivity contribution is -0.138. The molecular formula is C8H18O3Si2. The molecular weight excluding hydrogens is 200 g/mol. The van der Waals surface area contributed by atoms with E-state index in [1.54, 1.807) is 6.92 Å². The number of carbonyl (C=O) groups excluding carboxylic acids is 1. The second-order valence-electron chi connectivity index (χ2n) is 3.10. The largest absolute Gasteiger partial charge is 0.466 e. The number of rotatable bonds is 6. The predicted molar refractivity (Wildman–Crippen MR) is 59.2 cm³/mol. The standard InChI is InChI=1S/C8H18O3Si2/c1-7(2)8(9)10-5-4-6-13(3)11-12/h13H,1,4-6H2,2-3,12H3. The maximum atomic E-state index is 10.9. The molecule has 0 fully saturated rings. The van der Waals surface area contributed by atoms with Crippen molar-refractivity contribution < 1.29 is 13.6 Å². The van der Waals surface area contributed by atoms with Crippen LogP contribution in [0.1, 0.15) is 13.3 Å². The van der Waals surface area contributed by atoms with Crippen LogP contribution < -0.4 is 0 Å².